The standard InChI is InChI=1S/C15H26ClN3O2/c1-10(2)21-8-6-7-17-15(20)11(3)9-19-13(5)14(16)12(4)18-19/h10-11H,6-9H2,1-5H3,(H,17,20). The van der Waals surface area contributed by atoms with Crippen LogP contribution in [-0.2, 0) is 16.1 Å². The van der Waals surface area contributed by atoms with Gasteiger partial charge in [-0.2, -0.15) is 5.10 Å². The molecule has 1 atom stereocenters. The van der Waals surface area contributed by atoms with Gasteiger partial charge in [-0.1, -0.05) is 18.5 Å². The van der Waals surface area contributed by atoms with Gasteiger partial charge in [0.2, 0.25) is 5.91 Å². The minimum atomic E-state index is -0.148. The zero-order valence-corrected chi connectivity index (χ0v) is 14.3. The van der Waals surface area contributed by atoms with Crippen molar-refractivity contribution in [1.29, 1.82) is 0 Å². The summed E-state index contributed by atoms with van der Waals surface area (Å²) in [5.74, 6) is -0.117. The van der Waals surface area contributed by atoms with Gasteiger partial charge in [-0.3, -0.25) is 9.48 Å². The van der Waals surface area contributed by atoms with Gasteiger partial charge in [0.25, 0.3) is 0 Å². The first kappa shape index (κ1) is 18.0. The monoisotopic (exact) mass is 315 g/mol. The molecule has 0 aliphatic carbocycles. The predicted octanol–water partition coefficient (Wildman–Crippen LogP) is 2.72. The molecule has 1 unspecified atom stereocenters. The first-order valence-corrected chi connectivity index (χ1v) is 7.79. The summed E-state index contributed by atoms with van der Waals surface area (Å²) >= 11 is 6.11. The van der Waals surface area contributed by atoms with Gasteiger partial charge >= 0.3 is 0 Å². The molecule has 1 heterocycles. The highest BCUT2D eigenvalue weighted by Gasteiger charge is 2.16. The van der Waals surface area contributed by atoms with Gasteiger partial charge in [0.05, 0.1) is 35.0 Å². The number of carbonyl (C=O) groups is 1. The van der Waals surface area contributed by atoms with E-state index in [1.165, 1.54) is 0 Å². The van der Waals surface area contributed by atoms with Crippen LogP contribution in [0.25, 0.3) is 0 Å². The second kappa shape index (κ2) is 8.39. The van der Waals surface area contributed by atoms with Crippen LogP contribution in [0.3, 0.4) is 0 Å². The molecule has 1 N–H and O–H groups in total. The Kier molecular flexibility index (Phi) is 7.18. The molecular formula is C15H26ClN3O2. The number of nitrogens with one attached hydrogen (secondary N) is 1. The zero-order valence-electron chi connectivity index (χ0n) is 13.6. The lowest BCUT2D eigenvalue weighted by Gasteiger charge is -2.14. The number of ether oxygens (including phenoxy) is 1. The van der Waals surface area contributed by atoms with Crippen molar-refractivity contribution in [3.63, 3.8) is 0 Å². The minimum Gasteiger partial charge on any atom is -0.379 e. The van der Waals surface area contributed by atoms with E-state index < -0.39 is 0 Å². The third-order valence-corrected chi connectivity index (χ3v) is 3.81. The van der Waals surface area contributed by atoms with E-state index in [-0.39, 0.29) is 17.9 Å². The maximum Gasteiger partial charge on any atom is 0.224 e. The molecule has 0 aliphatic heterocycles. The van der Waals surface area contributed by atoms with Crippen molar-refractivity contribution in [1.82, 2.24) is 15.1 Å². The van der Waals surface area contributed by atoms with Gasteiger partial charge in [-0.05, 0) is 34.1 Å². The molecule has 1 aromatic rings. The average Bonchev–Trinajstić information content (AvgIpc) is 2.65. The van der Waals surface area contributed by atoms with E-state index in [9.17, 15) is 4.79 Å². The molecule has 120 valence electrons. The predicted molar refractivity (Wildman–Crippen MR) is 84.6 cm³/mol. The summed E-state index contributed by atoms with van der Waals surface area (Å²) < 4.78 is 7.23. The number of rotatable bonds is 8. The summed E-state index contributed by atoms with van der Waals surface area (Å²) in [6.45, 7) is 11.5. The Bertz CT molecular complexity index is 472. The second-order valence-corrected chi connectivity index (χ2v) is 6.01. The first-order chi connectivity index (χ1) is 9.82. The lowest BCUT2D eigenvalue weighted by atomic mass is 10.1. The molecule has 0 radical (unpaired) electrons. The molecule has 5 nitrogen and oxygen atoms in total. The summed E-state index contributed by atoms with van der Waals surface area (Å²) in [4.78, 5) is 12.0. The van der Waals surface area contributed by atoms with Crippen molar-refractivity contribution in [2.45, 2.75) is 53.7 Å². The van der Waals surface area contributed by atoms with Gasteiger partial charge in [-0.15, -0.1) is 0 Å². The summed E-state index contributed by atoms with van der Waals surface area (Å²) in [6, 6.07) is 0. The fourth-order valence-electron chi connectivity index (χ4n) is 1.97. The van der Waals surface area contributed by atoms with Gasteiger partial charge in [0.1, 0.15) is 0 Å². The van der Waals surface area contributed by atoms with Gasteiger partial charge in [-0.25, -0.2) is 0 Å². The Morgan fingerprint density at radius 1 is 1.38 bits per heavy atom. The van der Waals surface area contributed by atoms with Crippen LogP contribution in [0.5, 0.6) is 0 Å². The van der Waals surface area contributed by atoms with E-state index in [0.717, 1.165) is 17.8 Å². The van der Waals surface area contributed by atoms with Crippen LogP contribution in [-0.4, -0.2) is 34.9 Å². The summed E-state index contributed by atoms with van der Waals surface area (Å²) in [5.41, 5.74) is 1.70. The quantitative estimate of drug-likeness (QED) is 0.750. The lowest BCUT2D eigenvalue weighted by molar-refractivity contribution is -0.125. The average molecular weight is 316 g/mol. The number of hydrogen-bond donors (Lipinski definition) is 1. The normalized spacial score (nSPS) is 12.7. The van der Waals surface area contributed by atoms with Crippen LogP contribution in [0, 0.1) is 19.8 Å². The van der Waals surface area contributed by atoms with E-state index in [1.807, 2.05) is 34.6 Å². The van der Waals surface area contributed by atoms with Crippen molar-refractivity contribution in [3.05, 3.63) is 16.4 Å². The van der Waals surface area contributed by atoms with Crippen molar-refractivity contribution in [3.8, 4) is 0 Å². The summed E-state index contributed by atoms with van der Waals surface area (Å²) in [6.07, 6.45) is 1.05. The van der Waals surface area contributed by atoms with Crippen molar-refractivity contribution >= 4 is 17.5 Å². The van der Waals surface area contributed by atoms with Crippen molar-refractivity contribution < 1.29 is 9.53 Å². The molecule has 21 heavy (non-hydrogen) atoms. The van der Waals surface area contributed by atoms with Gasteiger partial charge in [0.15, 0.2) is 0 Å². The van der Waals surface area contributed by atoms with Crippen molar-refractivity contribution in [2.24, 2.45) is 5.92 Å². The fourth-order valence-corrected chi connectivity index (χ4v) is 2.11. The maximum absolute atomic E-state index is 12.0. The molecule has 1 amide bonds. The molecule has 0 aromatic carbocycles. The smallest absolute Gasteiger partial charge is 0.224 e. The molecule has 1 aromatic heterocycles. The maximum atomic E-state index is 12.0. The summed E-state index contributed by atoms with van der Waals surface area (Å²) in [5, 5.41) is 7.94. The molecule has 0 fully saturated rings. The Hall–Kier alpha value is -1.07. The van der Waals surface area contributed by atoms with Gasteiger partial charge < -0.3 is 10.1 Å². The molecule has 0 spiro atoms. The molecule has 0 saturated heterocycles. The van der Waals surface area contributed by atoms with Crippen LogP contribution in [0.15, 0.2) is 0 Å². The number of nitrogens with zero attached hydrogens (tertiary/aromatic N) is 2. The Balaban J connectivity index is 2.36. The van der Waals surface area contributed by atoms with E-state index in [0.29, 0.717) is 24.7 Å². The number of amides is 1. The SMILES string of the molecule is Cc1nn(CC(C)C(=O)NCCCOC(C)C)c(C)c1Cl. The molecular weight excluding hydrogens is 290 g/mol. The highest BCUT2D eigenvalue weighted by Crippen LogP contribution is 2.19. The zero-order chi connectivity index (χ0) is 16.0. The number of halogens is 1. The topological polar surface area (TPSA) is 56.2 Å². The van der Waals surface area contributed by atoms with Crippen LogP contribution < -0.4 is 5.32 Å². The van der Waals surface area contributed by atoms with Crippen LogP contribution >= 0.6 is 11.6 Å². The Morgan fingerprint density at radius 3 is 2.57 bits per heavy atom. The molecule has 1 rings (SSSR count). The number of hydrogen-bond acceptors (Lipinski definition) is 3. The molecule has 0 bridgehead atoms. The fraction of sp³-hybridized carbons (Fsp3) is 0.733. The molecule has 0 saturated carbocycles. The first-order valence-electron chi connectivity index (χ1n) is 7.41. The summed E-state index contributed by atoms with van der Waals surface area (Å²) in [7, 11) is 0. The van der Waals surface area contributed by atoms with E-state index in [2.05, 4.69) is 10.4 Å². The minimum absolute atomic E-state index is 0.0308. The lowest BCUT2D eigenvalue weighted by Crippen LogP contribution is -2.33. The van der Waals surface area contributed by atoms with Crippen molar-refractivity contribution in [2.75, 3.05) is 13.2 Å². The Morgan fingerprint density at radius 2 is 2.05 bits per heavy atom. The second-order valence-electron chi connectivity index (χ2n) is 5.63. The largest absolute Gasteiger partial charge is 0.379 e. The van der Waals surface area contributed by atoms with E-state index >= 15 is 0 Å². The van der Waals surface area contributed by atoms with E-state index in [1.54, 1.807) is 4.68 Å². The number of aryl methyl sites for hydroxylation is 1. The third kappa shape index (κ3) is 5.67. The number of aromatic nitrogens is 2. The highest BCUT2D eigenvalue weighted by molar-refractivity contribution is 6.31. The van der Waals surface area contributed by atoms with Gasteiger partial charge in [0, 0.05) is 13.2 Å². The molecule has 0 aliphatic rings. The van der Waals surface area contributed by atoms with Crippen LogP contribution in [0.2, 0.25) is 5.02 Å². The third-order valence-electron chi connectivity index (χ3n) is 3.26. The molecule has 6 heteroatoms. The number of carbonyl (C=O) groups excluding carboxylic acids is 1. The van der Waals surface area contributed by atoms with E-state index in [4.69, 9.17) is 16.3 Å². The van der Waals surface area contributed by atoms with Crippen LogP contribution in [0.1, 0.15) is 38.6 Å². The Labute approximate surface area is 132 Å². The highest BCUT2D eigenvalue weighted by atomic mass is 35.5. The van der Waals surface area contributed by atoms with Crippen LogP contribution in [0.4, 0.5) is 0 Å².